The summed E-state index contributed by atoms with van der Waals surface area (Å²) < 4.78 is 15.9. The number of nitrogens with zero attached hydrogens (tertiary/aromatic N) is 1. The molecular weight excluding hydrogens is 302 g/mol. The Morgan fingerprint density at radius 2 is 2.17 bits per heavy atom. The Morgan fingerprint density at radius 1 is 1.48 bits per heavy atom. The van der Waals surface area contributed by atoms with Crippen LogP contribution in [0, 0.1) is 0 Å². The van der Waals surface area contributed by atoms with E-state index in [0.29, 0.717) is 35.6 Å². The Labute approximate surface area is 134 Å². The monoisotopic (exact) mass is 321 g/mol. The van der Waals surface area contributed by atoms with Gasteiger partial charge in [-0.3, -0.25) is 14.5 Å². The van der Waals surface area contributed by atoms with Gasteiger partial charge < -0.3 is 14.2 Å². The van der Waals surface area contributed by atoms with Crippen molar-refractivity contribution in [1.82, 2.24) is 0 Å². The molecule has 0 saturated heterocycles. The first-order valence-corrected chi connectivity index (χ1v) is 7.28. The van der Waals surface area contributed by atoms with E-state index in [1.165, 1.54) is 18.1 Å². The lowest BCUT2D eigenvalue weighted by atomic mass is 10.1. The first kappa shape index (κ1) is 16.8. The maximum absolute atomic E-state index is 12.5. The van der Waals surface area contributed by atoms with Crippen molar-refractivity contribution >= 4 is 23.9 Å². The number of hydrogen-bond donors (Lipinski definition) is 0. The van der Waals surface area contributed by atoms with Crippen LogP contribution >= 0.6 is 0 Å². The Kier molecular flexibility index (Phi) is 4.88. The molecule has 1 aromatic carbocycles. The molecule has 1 aliphatic heterocycles. The summed E-state index contributed by atoms with van der Waals surface area (Å²) in [5, 5.41) is 0. The van der Waals surface area contributed by atoms with Crippen LogP contribution in [0.4, 0.5) is 5.69 Å². The van der Waals surface area contributed by atoms with Crippen molar-refractivity contribution in [3.63, 3.8) is 0 Å². The number of aldehydes is 1. The van der Waals surface area contributed by atoms with Gasteiger partial charge >= 0.3 is 5.97 Å². The van der Waals surface area contributed by atoms with Crippen LogP contribution in [0.5, 0.6) is 11.5 Å². The van der Waals surface area contributed by atoms with Crippen LogP contribution in [0.15, 0.2) is 12.1 Å². The second kappa shape index (κ2) is 6.68. The van der Waals surface area contributed by atoms with Gasteiger partial charge in [0.25, 0.3) is 5.91 Å². The number of carbonyl (C=O) groups is 3. The van der Waals surface area contributed by atoms with Crippen LogP contribution in [0.25, 0.3) is 0 Å². The zero-order valence-electron chi connectivity index (χ0n) is 13.5. The van der Waals surface area contributed by atoms with Crippen LogP contribution < -0.4 is 14.4 Å². The largest absolute Gasteiger partial charge is 0.490 e. The number of hydrogen-bond acceptors (Lipinski definition) is 6. The molecule has 0 aliphatic carbocycles. The van der Waals surface area contributed by atoms with Crippen molar-refractivity contribution in [2.24, 2.45) is 0 Å². The summed E-state index contributed by atoms with van der Waals surface area (Å²) in [7, 11) is 1.25. The molecule has 1 amide bonds. The molecule has 0 fully saturated rings. The molecule has 0 N–H and O–H groups in total. The Morgan fingerprint density at radius 3 is 2.74 bits per heavy atom. The number of amides is 1. The highest BCUT2D eigenvalue weighted by Crippen LogP contribution is 2.43. The van der Waals surface area contributed by atoms with Crippen molar-refractivity contribution in [3.05, 3.63) is 17.7 Å². The van der Waals surface area contributed by atoms with Crippen LogP contribution in [-0.4, -0.2) is 44.0 Å². The molecule has 1 heterocycles. The summed E-state index contributed by atoms with van der Waals surface area (Å²) in [5.41, 5.74) is 0.638. The molecule has 2 atom stereocenters. The molecule has 0 radical (unpaired) electrons. The quantitative estimate of drug-likeness (QED) is 0.605. The first-order chi connectivity index (χ1) is 10.9. The third kappa shape index (κ3) is 2.99. The highest BCUT2D eigenvalue weighted by Gasteiger charge is 2.39. The molecular formula is C16H19NO6. The zero-order chi connectivity index (χ0) is 17.1. The molecule has 2 rings (SSSR count). The van der Waals surface area contributed by atoms with Crippen molar-refractivity contribution in [2.45, 2.75) is 32.9 Å². The normalized spacial score (nSPS) is 17.8. The van der Waals surface area contributed by atoms with Gasteiger partial charge in [-0.05, 0) is 32.9 Å². The van der Waals surface area contributed by atoms with Gasteiger partial charge in [-0.15, -0.1) is 0 Å². The average Bonchev–Trinajstić information content (AvgIpc) is 2.55. The molecule has 1 aromatic rings. The van der Waals surface area contributed by atoms with Crippen molar-refractivity contribution in [1.29, 1.82) is 0 Å². The van der Waals surface area contributed by atoms with E-state index < -0.39 is 18.1 Å². The zero-order valence-corrected chi connectivity index (χ0v) is 13.5. The van der Waals surface area contributed by atoms with Gasteiger partial charge in [0, 0.05) is 5.56 Å². The number of rotatable bonds is 5. The molecule has 2 unspecified atom stereocenters. The smallest absolute Gasteiger partial charge is 0.328 e. The first-order valence-electron chi connectivity index (χ1n) is 7.28. The minimum Gasteiger partial charge on any atom is -0.490 e. The predicted molar refractivity (Wildman–Crippen MR) is 82.1 cm³/mol. The van der Waals surface area contributed by atoms with Gasteiger partial charge in [0.05, 0.1) is 19.4 Å². The van der Waals surface area contributed by atoms with Crippen LogP contribution in [0.1, 0.15) is 31.1 Å². The number of anilines is 1. The van der Waals surface area contributed by atoms with E-state index in [9.17, 15) is 14.4 Å². The summed E-state index contributed by atoms with van der Waals surface area (Å²) in [4.78, 5) is 36.8. The maximum Gasteiger partial charge on any atom is 0.328 e. The fraction of sp³-hybridized carbons (Fsp3) is 0.438. The Bertz CT molecular complexity index is 642. The maximum atomic E-state index is 12.5. The summed E-state index contributed by atoms with van der Waals surface area (Å²) in [6.45, 7) is 5.31. The molecule has 23 heavy (non-hydrogen) atoms. The minimum absolute atomic E-state index is 0.319. The fourth-order valence-corrected chi connectivity index (χ4v) is 2.45. The lowest BCUT2D eigenvalue weighted by Gasteiger charge is -2.36. The molecule has 0 aromatic heterocycles. The number of ether oxygens (including phenoxy) is 3. The van der Waals surface area contributed by atoms with Crippen LogP contribution in [-0.2, 0) is 14.3 Å². The van der Waals surface area contributed by atoms with Crippen LogP contribution in [0.2, 0.25) is 0 Å². The van der Waals surface area contributed by atoms with Crippen molar-refractivity contribution in [2.75, 3.05) is 18.6 Å². The Balaban J connectivity index is 2.63. The third-order valence-electron chi connectivity index (χ3n) is 3.56. The molecule has 124 valence electrons. The fourth-order valence-electron chi connectivity index (χ4n) is 2.45. The second-order valence-corrected chi connectivity index (χ2v) is 5.09. The van der Waals surface area contributed by atoms with Crippen molar-refractivity contribution < 1.29 is 28.6 Å². The molecule has 0 bridgehead atoms. The second-order valence-electron chi connectivity index (χ2n) is 5.09. The van der Waals surface area contributed by atoms with E-state index in [2.05, 4.69) is 0 Å². The number of benzene rings is 1. The average molecular weight is 321 g/mol. The van der Waals surface area contributed by atoms with Gasteiger partial charge in [0.2, 0.25) is 0 Å². The molecule has 7 heteroatoms. The Hall–Kier alpha value is -2.57. The molecule has 0 saturated carbocycles. The number of methoxy groups -OCH3 is 1. The lowest BCUT2D eigenvalue weighted by molar-refractivity contribution is -0.143. The minimum atomic E-state index is -0.853. The van der Waals surface area contributed by atoms with E-state index in [-0.39, 0.29) is 5.91 Å². The summed E-state index contributed by atoms with van der Waals surface area (Å²) in [5.74, 6) is -0.261. The standard InChI is InChI=1S/C16H19NO6/c1-5-22-13-7-11(8-18)6-12-14(13)23-10(3)15(19)17(12)9(2)16(20)21-4/h6-10H,5H2,1-4H3. The summed E-state index contributed by atoms with van der Waals surface area (Å²) in [6.07, 6.45) is -0.136. The number of fused-ring (bicyclic) bond motifs is 1. The van der Waals surface area contributed by atoms with Gasteiger partial charge in [0.15, 0.2) is 17.6 Å². The van der Waals surface area contributed by atoms with Gasteiger partial charge in [0.1, 0.15) is 12.3 Å². The van der Waals surface area contributed by atoms with E-state index in [4.69, 9.17) is 14.2 Å². The predicted octanol–water partition coefficient (Wildman–Crippen LogP) is 1.57. The van der Waals surface area contributed by atoms with Crippen LogP contribution in [0.3, 0.4) is 0 Å². The molecule has 0 spiro atoms. The number of esters is 1. The summed E-state index contributed by atoms with van der Waals surface area (Å²) >= 11 is 0. The third-order valence-corrected chi connectivity index (χ3v) is 3.56. The number of carbonyl (C=O) groups excluding carboxylic acids is 3. The SMILES string of the molecule is CCOc1cc(C=O)cc2c1OC(C)C(=O)N2C(C)C(=O)OC. The molecule has 1 aliphatic rings. The van der Waals surface area contributed by atoms with E-state index >= 15 is 0 Å². The molecule has 7 nitrogen and oxygen atoms in total. The summed E-state index contributed by atoms with van der Waals surface area (Å²) in [6, 6.07) is 2.18. The van der Waals surface area contributed by atoms with Crippen molar-refractivity contribution in [3.8, 4) is 11.5 Å². The highest BCUT2D eigenvalue weighted by atomic mass is 16.5. The van der Waals surface area contributed by atoms with Gasteiger partial charge in [-0.2, -0.15) is 0 Å². The van der Waals surface area contributed by atoms with Gasteiger partial charge in [-0.25, -0.2) is 4.79 Å². The van der Waals surface area contributed by atoms with E-state index in [1.807, 2.05) is 0 Å². The highest BCUT2D eigenvalue weighted by molar-refractivity contribution is 6.05. The van der Waals surface area contributed by atoms with Gasteiger partial charge in [-0.1, -0.05) is 0 Å². The topological polar surface area (TPSA) is 82.1 Å². The van der Waals surface area contributed by atoms with E-state index in [1.54, 1.807) is 26.8 Å². The lowest BCUT2D eigenvalue weighted by Crippen LogP contribution is -2.51. The van der Waals surface area contributed by atoms with E-state index in [0.717, 1.165) is 0 Å².